The molecule has 1 aromatic carbocycles. The number of alkyl halides is 1. The van der Waals surface area contributed by atoms with E-state index in [2.05, 4.69) is 0 Å². The Morgan fingerprint density at radius 3 is 2.00 bits per heavy atom. The van der Waals surface area contributed by atoms with Crippen molar-refractivity contribution in [2.45, 2.75) is 0 Å². The number of non-ortho nitro benzene ring substituents is 1. The SMILES string of the molecule is O=C(Cl)CCl.O=[N+]([O-])c1ccccc1. The minimum absolute atomic E-state index is 0.0957. The molecule has 4 nitrogen and oxygen atoms in total. The number of para-hydroxylation sites is 1. The summed E-state index contributed by atoms with van der Waals surface area (Å²) < 4.78 is 0. The molecule has 0 aliphatic carbocycles. The van der Waals surface area contributed by atoms with Gasteiger partial charge in [0.2, 0.25) is 5.24 Å². The van der Waals surface area contributed by atoms with Crippen molar-refractivity contribution >= 4 is 34.1 Å². The molecule has 76 valence electrons. The second kappa shape index (κ2) is 7.29. The molecule has 0 fully saturated rings. The third-order valence-electron chi connectivity index (χ3n) is 1.07. The highest BCUT2D eigenvalue weighted by Crippen LogP contribution is 2.06. The number of nitrogens with zero attached hydrogens (tertiary/aromatic N) is 1. The summed E-state index contributed by atoms with van der Waals surface area (Å²) in [5, 5.41) is 9.50. The van der Waals surface area contributed by atoms with Crippen molar-refractivity contribution < 1.29 is 9.72 Å². The van der Waals surface area contributed by atoms with Crippen LogP contribution < -0.4 is 0 Å². The molecule has 1 rings (SSSR count). The van der Waals surface area contributed by atoms with Crippen LogP contribution >= 0.6 is 23.2 Å². The third kappa shape index (κ3) is 6.39. The van der Waals surface area contributed by atoms with Crippen molar-refractivity contribution in [2.75, 3.05) is 5.88 Å². The fourth-order valence-corrected chi connectivity index (χ4v) is 0.550. The fraction of sp³-hybridized carbons (Fsp3) is 0.125. The van der Waals surface area contributed by atoms with E-state index in [-0.39, 0.29) is 11.6 Å². The van der Waals surface area contributed by atoms with Crippen molar-refractivity contribution in [3.8, 4) is 0 Å². The number of benzene rings is 1. The molecule has 0 spiro atoms. The van der Waals surface area contributed by atoms with Crippen LogP contribution in [0.3, 0.4) is 0 Å². The van der Waals surface area contributed by atoms with Gasteiger partial charge in [-0.1, -0.05) is 18.2 Å². The summed E-state index contributed by atoms with van der Waals surface area (Å²) >= 11 is 9.55. The molecule has 1 aromatic rings. The van der Waals surface area contributed by atoms with Gasteiger partial charge in [0.05, 0.1) is 10.8 Å². The summed E-state index contributed by atoms with van der Waals surface area (Å²) in [5.74, 6) is -0.0957. The first-order valence-electron chi connectivity index (χ1n) is 3.51. The molecular weight excluding hydrogens is 229 g/mol. The van der Waals surface area contributed by atoms with Gasteiger partial charge in [-0.2, -0.15) is 0 Å². The monoisotopic (exact) mass is 235 g/mol. The van der Waals surface area contributed by atoms with Crippen LogP contribution in [-0.4, -0.2) is 16.0 Å². The number of halogens is 2. The van der Waals surface area contributed by atoms with E-state index in [4.69, 9.17) is 23.2 Å². The predicted octanol–water partition coefficient (Wildman–Crippen LogP) is 2.59. The van der Waals surface area contributed by atoms with Crippen LogP contribution in [0.25, 0.3) is 0 Å². The Labute approximate surface area is 90.6 Å². The highest BCUT2D eigenvalue weighted by Gasteiger charge is 1.98. The van der Waals surface area contributed by atoms with E-state index in [1.807, 2.05) is 0 Å². The van der Waals surface area contributed by atoms with Crippen LogP contribution in [0.4, 0.5) is 5.69 Å². The van der Waals surface area contributed by atoms with Crippen LogP contribution in [-0.2, 0) is 4.79 Å². The Morgan fingerprint density at radius 2 is 1.79 bits per heavy atom. The lowest BCUT2D eigenvalue weighted by Crippen LogP contribution is -1.84. The minimum atomic E-state index is -0.508. The molecule has 0 aliphatic heterocycles. The number of hydrogen-bond donors (Lipinski definition) is 0. The first kappa shape index (κ1) is 12.9. The highest BCUT2D eigenvalue weighted by atomic mass is 35.5. The molecule has 0 saturated heterocycles. The largest absolute Gasteiger partial charge is 0.280 e. The molecule has 0 aromatic heterocycles. The minimum Gasteiger partial charge on any atom is -0.280 e. The molecule has 0 atom stereocenters. The van der Waals surface area contributed by atoms with E-state index in [0.717, 1.165) is 0 Å². The lowest BCUT2D eigenvalue weighted by Gasteiger charge is -1.85. The summed E-state index contributed by atoms with van der Waals surface area (Å²) in [7, 11) is 0. The van der Waals surface area contributed by atoms with Crippen LogP contribution in [0.1, 0.15) is 0 Å². The third-order valence-corrected chi connectivity index (χ3v) is 1.59. The van der Waals surface area contributed by atoms with Crippen molar-refractivity contribution in [1.29, 1.82) is 0 Å². The van der Waals surface area contributed by atoms with E-state index in [1.54, 1.807) is 18.2 Å². The van der Waals surface area contributed by atoms with Gasteiger partial charge in [0.15, 0.2) is 0 Å². The quantitative estimate of drug-likeness (QED) is 0.343. The van der Waals surface area contributed by atoms with Gasteiger partial charge < -0.3 is 0 Å². The lowest BCUT2D eigenvalue weighted by molar-refractivity contribution is -0.384. The first-order chi connectivity index (χ1) is 6.57. The van der Waals surface area contributed by atoms with Crippen molar-refractivity contribution in [1.82, 2.24) is 0 Å². The Kier molecular flexibility index (Phi) is 6.70. The van der Waals surface area contributed by atoms with Gasteiger partial charge in [-0.05, 0) is 11.6 Å². The van der Waals surface area contributed by atoms with Crippen molar-refractivity contribution in [2.24, 2.45) is 0 Å². The summed E-state index contributed by atoms with van der Waals surface area (Å²) in [6.07, 6.45) is 0. The first-order valence-corrected chi connectivity index (χ1v) is 4.43. The second-order valence-corrected chi connectivity index (χ2v) is 2.77. The summed E-state index contributed by atoms with van der Waals surface area (Å²) in [6.45, 7) is 0. The van der Waals surface area contributed by atoms with Crippen LogP contribution in [0.15, 0.2) is 30.3 Å². The van der Waals surface area contributed by atoms with Gasteiger partial charge in [0.25, 0.3) is 5.69 Å². The zero-order valence-electron chi connectivity index (χ0n) is 7.02. The van der Waals surface area contributed by atoms with E-state index in [0.29, 0.717) is 0 Å². The Balaban J connectivity index is 0.000000292. The number of hydrogen-bond acceptors (Lipinski definition) is 3. The normalized spacial score (nSPS) is 8.43. The maximum absolute atomic E-state index is 10.0. The Hall–Kier alpha value is -1.13. The maximum Gasteiger partial charge on any atom is 0.269 e. The molecule has 0 unspecified atom stereocenters. The van der Waals surface area contributed by atoms with E-state index in [9.17, 15) is 14.9 Å². The average molecular weight is 236 g/mol. The number of nitro groups is 1. The molecule has 0 aliphatic rings. The van der Waals surface area contributed by atoms with Gasteiger partial charge in [0.1, 0.15) is 0 Å². The van der Waals surface area contributed by atoms with Crippen LogP contribution in [0.5, 0.6) is 0 Å². The molecular formula is C8H7Cl2NO3. The molecule has 0 saturated carbocycles. The number of carbonyl (C=O) groups is 1. The molecule has 0 heterocycles. The van der Waals surface area contributed by atoms with Gasteiger partial charge in [-0.25, -0.2) is 0 Å². The molecule has 0 N–H and O–H groups in total. The number of rotatable bonds is 2. The van der Waals surface area contributed by atoms with Gasteiger partial charge in [-0.15, -0.1) is 11.6 Å². The van der Waals surface area contributed by atoms with Gasteiger partial charge in [0, 0.05) is 12.1 Å². The van der Waals surface area contributed by atoms with Crippen LogP contribution in [0, 0.1) is 10.1 Å². The molecule has 0 bridgehead atoms. The highest BCUT2D eigenvalue weighted by molar-refractivity contribution is 6.67. The van der Waals surface area contributed by atoms with Gasteiger partial charge in [-0.3, -0.25) is 14.9 Å². The molecule has 14 heavy (non-hydrogen) atoms. The molecule has 0 radical (unpaired) electrons. The van der Waals surface area contributed by atoms with E-state index in [1.165, 1.54) is 12.1 Å². The standard InChI is InChI=1S/C6H5NO2.C2H2Cl2O/c8-7(9)6-4-2-1-3-5-6;3-1-2(4)5/h1-5H;1H2. The molecule has 6 heteroatoms. The van der Waals surface area contributed by atoms with E-state index < -0.39 is 10.2 Å². The van der Waals surface area contributed by atoms with Crippen LogP contribution in [0.2, 0.25) is 0 Å². The second-order valence-electron chi connectivity index (χ2n) is 2.08. The summed E-state index contributed by atoms with van der Waals surface area (Å²) in [5.41, 5.74) is 0.137. The molecule has 0 amide bonds. The summed E-state index contributed by atoms with van der Waals surface area (Å²) in [4.78, 5) is 19.0. The topological polar surface area (TPSA) is 60.2 Å². The average Bonchev–Trinajstić information content (AvgIpc) is 2.20. The maximum atomic E-state index is 10.0. The van der Waals surface area contributed by atoms with E-state index >= 15 is 0 Å². The Bertz CT molecular complexity index is 303. The van der Waals surface area contributed by atoms with Gasteiger partial charge >= 0.3 is 0 Å². The predicted molar refractivity (Wildman–Crippen MR) is 54.7 cm³/mol. The zero-order chi connectivity index (χ0) is 11.0. The van der Waals surface area contributed by atoms with Crippen molar-refractivity contribution in [3.63, 3.8) is 0 Å². The fourth-order valence-electron chi connectivity index (χ4n) is 0.550. The zero-order valence-corrected chi connectivity index (χ0v) is 8.53. The number of nitro benzene ring substituents is 1. The Morgan fingerprint density at radius 1 is 1.36 bits per heavy atom. The lowest BCUT2D eigenvalue weighted by atomic mass is 10.3. The number of carbonyl (C=O) groups excluding carboxylic acids is 1. The van der Waals surface area contributed by atoms with Crippen molar-refractivity contribution in [3.05, 3.63) is 40.4 Å². The smallest absolute Gasteiger partial charge is 0.269 e. The summed E-state index contributed by atoms with van der Waals surface area (Å²) in [6, 6.07) is 7.93.